The molecular weight excluding hydrogens is 312 g/mol. The van der Waals surface area contributed by atoms with Crippen molar-refractivity contribution >= 4 is 5.91 Å². The van der Waals surface area contributed by atoms with Gasteiger partial charge >= 0.3 is 0 Å². The minimum atomic E-state index is -0.0776. The Labute approximate surface area is 149 Å². The van der Waals surface area contributed by atoms with Crippen LogP contribution in [0.3, 0.4) is 0 Å². The second-order valence-corrected chi connectivity index (χ2v) is 5.66. The van der Waals surface area contributed by atoms with Crippen molar-refractivity contribution in [2.24, 2.45) is 0 Å². The number of carbonyl (C=O) groups is 1. The van der Waals surface area contributed by atoms with Gasteiger partial charge in [0.1, 0.15) is 5.75 Å². The average molecular weight is 334 g/mol. The van der Waals surface area contributed by atoms with Crippen LogP contribution in [0.5, 0.6) is 5.75 Å². The maximum absolute atomic E-state index is 12.9. The second-order valence-electron chi connectivity index (χ2n) is 5.66. The molecule has 2 aromatic rings. The van der Waals surface area contributed by atoms with Crippen LogP contribution in [-0.2, 0) is 6.54 Å². The number of nitrogens with zero attached hydrogens (tertiary/aromatic N) is 2. The normalized spacial score (nSPS) is 9.92. The number of hydrogen-bond donors (Lipinski definition) is 0. The third kappa shape index (κ3) is 5.22. The summed E-state index contributed by atoms with van der Waals surface area (Å²) in [6.07, 6.45) is 2.62. The summed E-state index contributed by atoms with van der Waals surface area (Å²) in [6, 6.07) is 16.6. The van der Waals surface area contributed by atoms with E-state index in [1.54, 1.807) is 35.2 Å². The van der Waals surface area contributed by atoms with Crippen LogP contribution < -0.4 is 4.74 Å². The molecule has 0 radical (unpaired) electrons. The summed E-state index contributed by atoms with van der Waals surface area (Å²) in [5.74, 6) is 0.621. The van der Waals surface area contributed by atoms with E-state index in [2.05, 4.69) is 12.6 Å². The van der Waals surface area contributed by atoms with E-state index in [0.29, 0.717) is 36.6 Å². The van der Waals surface area contributed by atoms with E-state index >= 15 is 0 Å². The van der Waals surface area contributed by atoms with Gasteiger partial charge in [-0.2, -0.15) is 5.26 Å². The fourth-order valence-corrected chi connectivity index (χ4v) is 2.40. The van der Waals surface area contributed by atoms with Crippen LogP contribution in [0.2, 0.25) is 0 Å². The molecular formula is C21H22N2O2. The Kier molecular flexibility index (Phi) is 6.79. The van der Waals surface area contributed by atoms with E-state index in [1.807, 2.05) is 31.2 Å². The van der Waals surface area contributed by atoms with Gasteiger partial charge in [0, 0.05) is 18.7 Å². The van der Waals surface area contributed by atoms with Gasteiger partial charge in [-0.1, -0.05) is 31.2 Å². The Morgan fingerprint density at radius 2 is 2.04 bits per heavy atom. The zero-order valence-corrected chi connectivity index (χ0v) is 14.4. The smallest absolute Gasteiger partial charge is 0.254 e. The fraction of sp³-hybridized carbons (Fsp3) is 0.238. The molecule has 0 saturated heterocycles. The van der Waals surface area contributed by atoms with E-state index in [0.717, 1.165) is 12.0 Å². The minimum absolute atomic E-state index is 0.0776. The zero-order valence-electron chi connectivity index (χ0n) is 14.4. The quantitative estimate of drug-likeness (QED) is 0.681. The molecule has 0 bridgehead atoms. The summed E-state index contributed by atoms with van der Waals surface area (Å²) in [4.78, 5) is 14.6. The Hall–Kier alpha value is -3.06. The third-order valence-electron chi connectivity index (χ3n) is 3.65. The van der Waals surface area contributed by atoms with Crippen LogP contribution in [0.1, 0.15) is 34.8 Å². The van der Waals surface area contributed by atoms with Crippen molar-refractivity contribution in [2.75, 3.05) is 13.2 Å². The van der Waals surface area contributed by atoms with Gasteiger partial charge in [0.25, 0.3) is 5.91 Å². The predicted molar refractivity (Wildman–Crippen MR) is 98.3 cm³/mol. The first-order valence-corrected chi connectivity index (χ1v) is 8.30. The van der Waals surface area contributed by atoms with Gasteiger partial charge in [0.2, 0.25) is 0 Å². The SMILES string of the molecule is C=CCN(Cc1ccc(C#N)cc1)C(=O)c1cccc(OCCC)c1. The molecule has 0 aliphatic heterocycles. The maximum Gasteiger partial charge on any atom is 0.254 e. The van der Waals surface area contributed by atoms with Gasteiger partial charge in [-0.3, -0.25) is 4.79 Å². The first kappa shape index (κ1) is 18.3. The van der Waals surface area contributed by atoms with E-state index in [9.17, 15) is 4.79 Å². The molecule has 0 unspecified atom stereocenters. The van der Waals surface area contributed by atoms with Crippen molar-refractivity contribution in [3.8, 4) is 11.8 Å². The topological polar surface area (TPSA) is 53.3 Å². The van der Waals surface area contributed by atoms with Crippen molar-refractivity contribution < 1.29 is 9.53 Å². The van der Waals surface area contributed by atoms with Gasteiger partial charge in [-0.25, -0.2) is 0 Å². The Bertz CT molecular complexity index is 760. The number of rotatable bonds is 8. The van der Waals surface area contributed by atoms with Gasteiger partial charge in [0.05, 0.1) is 18.2 Å². The molecule has 2 aromatic carbocycles. The van der Waals surface area contributed by atoms with Crippen LogP contribution in [0, 0.1) is 11.3 Å². The van der Waals surface area contributed by atoms with Crippen LogP contribution in [0.15, 0.2) is 61.2 Å². The van der Waals surface area contributed by atoms with E-state index in [4.69, 9.17) is 10.00 Å². The number of ether oxygens (including phenoxy) is 1. The van der Waals surface area contributed by atoms with Crippen molar-refractivity contribution in [2.45, 2.75) is 19.9 Å². The molecule has 0 aromatic heterocycles. The second kappa shape index (κ2) is 9.29. The van der Waals surface area contributed by atoms with E-state index in [-0.39, 0.29) is 5.91 Å². The maximum atomic E-state index is 12.9. The number of nitriles is 1. The van der Waals surface area contributed by atoms with E-state index in [1.165, 1.54) is 0 Å². The van der Waals surface area contributed by atoms with Gasteiger partial charge in [-0.05, 0) is 42.3 Å². The Morgan fingerprint density at radius 1 is 1.28 bits per heavy atom. The molecule has 4 nitrogen and oxygen atoms in total. The Balaban J connectivity index is 2.16. The summed E-state index contributed by atoms with van der Waals surface area (Å²) in [7, 11) is 0. The van der Waals surface area contributed by atoms with Crippen molar-refractivity contribution in [1.82, 2.24) is 4.90 Å². The minimum Gasteiger partial charge on any atom is -0.494 e. The van der Waals surface area contributed by atoms with Gasteiger partial charge in [0.15, 0.2) is 0 Å². The molecule has 4 heteroatoms. The lowest BCUT2D eigenvalue weighted by molar-refractivity contribution is 0.0762. The highest BCUT2D eigenvalue weighted by Crippen LogP contribution is 2.17. The zero-order chi connectivity index (χ0) is 18.1. The average Bonchev–Trinajstić information content (AvgIpc) is 2.66. The largest absolute Gasteiger partial charge is 0.494 e. The standard InChI is InChI=1S/C21H22N2O2/c1-3-12-23(16-18-10-8-17(15-22)9-11-18)21(24)19-6-5-7-20(14-19)25-13-4-2/h3,5-11,14H,1,4,12-13,16H2,2H3. The summed E-state index contributed by atoms with van der Waals surface area (Å²) < 4.78 is 5.61. The molecule has 0 spiro atoms. The molecule has 128 valence electrons. The molecule has 0 aliphatic carbocycles. The molecule has 0 saturated carbocycles. The summed E-state index contributed by atoms with van der Waals surface area (Å²) >= 11 is 0. The van der Waals surface area contributed by atoms with Gasteiger partial charge in [-0.15, -0.1) is 6.58 Å². The lowest BCUT2D eigenvalue weighted by Crippen LogP contribution is -2.30. The van der Waals surface area contributed by atoms with Crippen molar-refractivity contribution in [1.29, 1.82) is 5.26 Å². The lowest BCUT2D eigenvalue weighted by Gasteiger charge is -2.21. The van der Waals surface area contributed by atoms with Crippen molar-refractivity contribution in [3.05, 3.63) is 77.9 Å². The first-order valence-electron chi connectivity index (χ1n) is 8.30. The van der Waals surface area contributed by atoms with Gasteiger partial charge < -0.3 is 9.64 Å². The first-order chi connectivity index (χ1) is 12.2. The molecule has 0 aliphatic rings. The molecule has 0 heterocycles. The van der Waals surface area contributed by atoms with Crippen LogP contribution >= 0.6 is 0 Å². The molecule has 0 N–H and O–H groups in total. The highest BCUT2D eigenvalue weighted by Gasteiger charge is 2.15. The predicted octanol–water partition coefficient (Wildman–Crippen LogP) is 4.18. The van der Waals surface area contributed by atoms with Crippen LogP contribution in [0.4, 0.5) is 0 Å². The number of amides is 1. The van der Waals surface area contributed by atoms with Crippen LogP contribution in [-0.4, -0.2) is 24.0 Å². The molecule has 0 atom stereocenters. The number of carbonyl (C=O) groups excluding carboxylic acids is 1. The highest BCUT2D eigenvalue weighted by molar-refractivity contribution is 5.94. The third-order valence-corrected chi connectivity index (χ3v) is 3.65. The molecule has 0 fully saturated rings. The monoisotopic (exact) mass is 334 g/mol. The van der Waals surface area contributed by atoms with Crippen LogP contribution in [0.25, 0.3) is 0 Å². The number of hydrogen-bond acceptors (Lipinski definition) is 3. The fourth-order valence-electron chi connectivity index (χ4n) is 2.40. The van der Waals surface area contributed by atoms with Crippen molar-refractivity contribution in [3.63, 3.8) is 0 Å². The van der Waals surface area contributed by atoms with E-state index < -0.39 is 0 Å². The summed E-state index contributed by atoms with van der Waals surface area (Å²) in [5, 5.41) is 8.88. The Morgan fingerprint density at radius 3 is 2.68 bits per heavy atom. The molecule has 1 amide bonds. The summed E-state index contributed by atoms with van der Waals surface area (Å²) in [5.41, 5.74) is 2.16. The number of benzene rings is 2. The lowest BCUT2D eigenvalue weighted by atomic mass is 10.1. The summed E-state index contributed by atoms with van der Waals surface area (Å²) in [6.45, 7) is 7.30. The highest BCUT2D eigenvalue weighted by atomic mass is 16.5. The molecule has 25 heavy (non-hydrogen) atoms. The molecule has 2 rings (SSSR count).